The van der Waals surface area contributed by atoms with E-state index in [1.807, 2.05) is 12.1 Å². The molecule has 1 atom stereocenters. The molecule has 98 valence electrons. The van der Waals surface area contributed by atoms with Crippen molar-refractivity contribution in [1.29, 1.82) is 0 Å². The van der Waals surface area contributed by atoms with Crippen LogP contribution in [0.5, 0.6) is 0 Å². The van der Waals surface area contributed by atoms with E-state index in [1.54, 1.807) is 13.1 Å². The van der Waals surface area contributed by atoms with Gasteiger partial charge >= 0.3 is 0 Å². The van der Waals surface area contributed by atoms with Crippen molar-refractivity contribution in [1.82, 2.24) is 4.98 Å². The van der Waals surface area contributed by atoms with Crippen LogP contribution in [0.2, 0.25) is 0 Å². The van der Waals surface area contributed by atoms with Gasteiger partial charge in [-0.05, 0) is 43.0 Å². The van der Waals surface area contributed by atoms with Gasteiger partial charge in [0.25, 0.3) is 0 Å². The number of hydrogen-bond acceptors (Lipinski definition) is 3. The third kappa shape index (κ3) is 2.34. The predicted octanol–water partition coefficient (Wildman–Crippen LogP) is 3.22. The van der Waals surface area contributed by atoms with E-state index < -0.39 is 6.10 Å². The maximum absolute atomic E-state index is 9.53. The molecule has 3 nitrogen and oxygen atoms in total. The van der Waals surface area contributed by atoms with Gasteiger partial charge in [-0.1, -0.05) is 24.3 Å². The molecule has 1 aromatic carbocycles. The minimum atomic E-state index is -0.463. The number of aliphatic hydroxyl groups excluding tert-OH is 1. The van der Waals surface area contributed by atoms with Gasteiger partial charge in [0.2, 0.25) is 0 Å². The number of benzene rings is 1. The number of aromatic nitrogens is 1. The Kier molecular flexibility index (Phi) is 3.22. The van der Waals surface area contributed by atoms with Gasteiger partial charge < -0.3 is 10.0 Å². The molecule has 0 bridgehead atoms. The first-order valence-corrected chi connectivity index (χ1v) is 6.75. The molecule has 1 aliphatic heterocycles. The van der Waals surface area contributed by atoms with Crippen LogP contribution in [0.15, 0.2) is 42.6 Å². The van der Waals surface area contributed by atoms with E-state index in [0.717, 1.165) is 30.8 Å². The minimum absolute atomic E-state index is 0.463. The Bertz CT molecular complexity index is 563. The van der Waals surface area contributed by atoms with Crippen LogP contribution in [0.4, 0.5) is 11.5 Å². The number of fused-ring (bicyclic) bond motifs is 1. The Morgan fingerprint density at radius 2 is 2.05 bits per heavy atom. The fourth-order valence-electron chi connectivity index (χ4n) is 2.58. The zero-order valence-electron chi connectivity index (χ0n) is 11.1. The van der Waals surface area contributed by atoms with E-state index in [0.29, 0.717) is 0 Å². The molecule has 0 amide bonds. The minimum Gasteiger partial charge on any atom is -0.389 e. The highest BCUT2D eigenvalue weighted by atomic mass is 16.3. The van der Waals surface area contributed by atoms with Crippen LogP contribution in [-0.4, -0.2) is 16.6 Å². The van der Waals surface area contributed by atoms with Crippen LogP contribution in [-0.2, 0) is 6.42 Å². The summed E-state index contributed by atoms with van der Waals surface area (Å²) in [6.07, 6.45) is 3.59. The topological polar surface area (TPSA) is 36.4 Å². The molecule has 19 heavy (non-hydrogen) atoms. The second-order valence-electron chi connectivity index (χ2n) is 5.01. The molecular weight excluding hydrogens is 236 g/mol. The third-order valence-corrected chi connectivity index (χ3v) is 3.64. The summed E-state index contributed by atoms with van der Waals surface area (Å²) >= 11 is 0. The zero-order valence-corrected chi connectivity index (χ0v) is 11.1. The van der Waals surface area contributed by atoms with Gasteiger partial charge in [-0.25, -0.2) is 4.98 Å². The second kappa shape index (κ2) is 5.02. The number of nitrogens with zero attached hydrogens (tertiary/aromatic N) is 2. The Morgan fingerprint density at radius 3 is 2.79 bits per heavy atom. The van der Waals surface area contributed by atoms with E-state index >= 15 is 0 Å². The van der Waals surface area contributed by atoms with Crippen molar-refractivity contribution in [2.24, 2.45) is 0 Å². The molecule has 0 aliphatic carbocycles. The molecular formula is C16H18N2O. The highest BCUT2D eigenvalue weighted by molar-refractivity contribution is 5.65. The van der Waals surface area contributed by atoms with Crippen molar-refractivity contribution in [2.45, 2.75) is 25.9 Å². The summed E-state index contributed by atoms with van der Waals surface area (Å²) in [5.74, 6) is 0.955. The average Bonchev–Trinajstić information content (AvgIpc) is 2.47. The van der Waals surface area contributed by atoms with Crippen LogP contribution < -0.4 is 4.90 Å². The summed E-state index contributed by atoms with van der Waals surface area (Å²) in [5, 5.41) is 9.53. The molecule has 2 aromatic rings. The second-order valence-corrected chi connectivity index (χ2v) is 5.01. The van der Waals surface area contributed by atoms with Gasteiger partial charge in [-0.2, -0.15) is 0 Å². The van der Waals surface area contributed by atoms with E-state index in [2.05, 4.69) is 34.1 Å². The Morgan fingerprint density at radius 1 is 1.21 bits per heavy atom. The van der Waals surface area contributed by atoms with Crippen LogP contribution in [0.3, 0.4) is 0 Å². The van der Waals surface area contributed by atoms with E-state index in [4.69, 9.17) is 0 Å². The lowest BCUT2D eigenvalue weighted by atomic mass is 10.0. The normalized spacial score (nSPS) is 16.0. The van der Waals surface area contributed by atoms with Gasteiger partial charge in [0.1, 0.15) is 5.82 Å². The zero-order chi connectivity index (χ0) is 13.2. The van der Waals surface area contributed by atoms with Crippen molar-refractivity contribution >= 4 is 11.5 Å². The summed E-state index contributed by atoms with van der Waals surface area (Å²) in [4.78, 5) is 6.74. The first-order valence-electron chi connectivity index (χ1n) is 6.75. The first-order chi connectivity index (χ1) is 9.25. The maximum atomic E-state index is 9.53. The number of pyridine rings is 1. The van der Waals surface area contributed by atoms with Gasteiger partial charge in [-0.15, -0.1) is 0 Å². The quantitative estimate of drug-likeness (QED) is 0.894. The summed E-state index contributed by atoms with van der Waals surface area (Å²) in [5.41, 5.74) is 3.50. The van der Waals surface area contributed by atoms with Gasteiger partial charge in [0.15, 0.2) is 0 Å². The van der Waals surface area contributed by atoms with Gasteiger partial charge in [0.05, 0.1) is 6.10 Å². The van der Waals surface area contributed by atoms with Crippen LogP contribution in [0.1, 0.15) is 30.6 Å². The molecule has 0 spiro atoms. The van der Waals surface area contributed by atoms with E-state index in [9.17, 15) is 5.11 Å². The summed E-state index contributed by atoms with van der Waals surface area (Å²) in [6.45, 7) is 2.75. The number of aryl methyl sites for hydroxylation is 1. The molecule has 1 aromatic heterocycles. The highest BCUT2D eigenvalue weighted by Gasteiger charge is 2.18. The molecule has 2 heterocycles. The SMILES string of the molecule is CC(O)c1ccc(N2CCCc3ccccc32)nc1. The lowest BCUT2D eigenvalue weighted by molar-refractivity contribution is 0.199. The molecule has 1 aliphatic rings. The van der Waals surface area contributed by atoms with E-state index in [-0.39, 0.29) is 0 Å². The van der Waals surface area contributed by atoms with Crippen molar-refractivity contribution in [3.05, 3.63) is 53.7 Å². The summed E-state index contributed by atoms with van der Waals surface area (Å²) in [7, 11) is 0. The third-order valence-electron chi connectivity index (χ3n) is 3.64. The van der Waals surface area contributed by atoms with Crippen molar-refractivity contribution in [2.75, 3.05) is 11.4 Å². The Balaban J connectivity index is 1.95. The van der Waals surface area contributed by atoms with Crippen molar-refractivity contribution in [3.8, 4) is 0 Å². The largest absolute Gasteiger partial charge is 0.389 e. The molecule has 0 saturated carbocycles. The molecule has 1 unspecified atom stereocenters. The fraction of sp³-hybridized carbons (Fsp3) is 0.312. The Labute approximate surface area is 113 Å². The molecule has 0 saturated heterocycles. The lowest BCUT2D eigenvalue weighted by Gasteiger charge is -2.30. The number of para-hydroxylation sites is 1. The average molecular weight is 254 g/mol. The number of aliphatic hydroxyl groups is 1. The molecule has 3 rings (SSSR count). The van der Waals surface area contributed by atoms with Crippen molar-refractivity contribution in [3.63, 3.8) is 0 Å². The number of hydrogen-bond donors (Lipinski definition) is 1. The molecule has 3 heteroatoms. The predicted molar refractivity (Wildman–Crippen MR) is 76.6 cm³/mol. The molecule has 1 N–H and O–H groups in total. The maximum Gasteiger partial charge on any atom is 0.132 e. The number of rotatable bonds is 2. The van der Waals surface area contributed by atoms with Gasteiger partial charge in [-0.3, -0.25) is 0 Å². The molecule has 0 fully saturated rings. The van der Waals surface area contributed by atoms with Crippen LogP contribution in [0, 0.1) is 0 Å². The van der Waals surface area contributed by atoms with Gasteiger partial charge in [0, 0.05) is 18.4 Å². The smallest absolute Gasteiger partial charge is 0.132 e. The first kappa shape index (κ1) is 12.2. The number of anilines is 2. The fourth-order valence-corrected chi connectivity index (χ4v) is 2.58. The van der Waals surface area contributed by atoms with Crippen LogP contribution in [0.25, 0.3) is 0 Å². The monoisotopic (exact) mass is 254 g/mol. The summed E-state index contributed by atoms with van der Waals surface area (Å²) in [6, 6.07) is 12.4. The van der Waals surface area contributed by atoms with E-state index in [1.165, 1.54) is 11.3 Å². The molecule has 0 radical (unpaired) electrons. The summed E-state index contributed by atoms with van der Waals surface area (Å²) < 4.78 is 0. The highest BCUT2D eigenvalue weighted by Crippen LogP contribution is 2.32. The van der Waals surface area contributed by atoms with Crippen LogP contribution >= 0.6 is 0 Å². The Hall–Kier alpha value is -1.87. The van der Waals surface area contributed by atoms with Crippen molar-refractivity contribution < 1.29 is 5.11 Å². The lowest BCUT2D eigenvalue weighted by Crippen LogP contribution is -2.25. The standard InChI is InChI=1S/C16H18N2O/c1-12(19)14-8-9-16(17-11-14)18-10-4-6-13-5-2-3-7-15(13)18/h2-3,5,7-9,11-12,19H,4,6,10H2,1H3.